The van der Waals surface area contributed by atoms with Gasteiger partial charge in [0, 0.05) is 23.7 Å². The molecule has 0 bridgehead atoms. The molecule has 5 rings (SSSR count). The smallest absolute Gasteiger partial charge is 0.340 e. The van der Waals surface area contributed by atoms with Gasteiger partial charge in [-0.3, -0.25) is 0 Å². The quantitative estimate of drug-likeness (QED) is 0.337. The van der Waals surface area contributed by atoms with E-state index in [1.165, 1.54) is 7.05 Å². The van der Waals surface area contributed by atoms with E-state index in [2.05, 4.69) is 5.32 Å². The maximum atomic E-state index is 12.0. The molecule has 0 radical (unpaired) electrons. The number of carbonyl (C=O) groups is 1. The van der Waals surface area contributed by atoms with E-state index in [1.807, 2.05) is 12.1 Å². The van der Waals surface area contributed by atoms with Crippen LogP contribution in [0.25, 0.3) is 0 Å². The number of aliphatic carboxylic acids is 1. The van der Waals surface area contributed by atoms with Crippen molar-refractivity contribution in [2.45, 2.75) is 42.2 Å². The first kappa shape index (κ1) is 25.4. The largest absolute Gasteiger partial charge is 0.493 e. The molecule has 3 aliphatic rings. The molecule has 0 spiro atoms. The van der Waals surface area contributed by atoms with Crippen LogP contribution in [-0.4, -0.2) is 91.0 Å². The minimum Gasteiger partial charge on any atom is -0.493 e. The van der Waals surface area contributed by atoms with Crippen molar-refractivity contribution < 1.29 is 53.6 Å². The first-order valence-corrected chi connectivity index (χ1v) is 11.7. The number of carboxylic acids is 1. The Labute approximate surface area is 212 Å². The van der Waals surface area contributed by atoms with Gasteiger partial charge in [-0.2, -0.15) is 0 Å². The zero-order valence-corrected chi connectivity index (χ0v) is 20.4. The number of hydrogen-bond donors (Lipinski definition) is 5. The second-order valence-electron chi connectivity index (χ2n) is 9.13. The van der Waals surface area contributed by atoms with Gasteiger partial charge < -0.3 is 54.2 Å². The van der Waals surface area contributed by atoms with Gasteiger partial charge in [-0.25, -0.2) is 4.79 Å². The van der Waals surface area contributed by atoms with Crippen molar-refractivity contribution in [2.75, 3.05) is 34.4 Å². The number of aliphatic hydroxyl groups is 3. The molecule has 12 heteroatoms. The molecule has 200 valence electrons. The van der Waals surface area contributed by atoms with Crippen LogP contribution in [0, 0.1) is 0 Å². The Bertz CT molecular complexity index is 1190. The topological polar surface area (TPSA) is 165 Å². The van der Waals surface area contributed by atoms with Gasteiger partial charge in [-0.05, 0) is 25.2 Å². The third-order valence-electron chi connectivity index (χ3n) is 7.06. The molecule has 3 aliphatic heterocycles. The van der Waals surface area contributed by atoms with Crippen LogP contribution in [0.15, 0.2) is 30.3 Å². The molecule has 2 aromatic rings. The maximum absolute atomic E-state index is 12.0. The van der Waals surface area contributed by atoms with E-state index in [-0.39, 0.29) is 24.3 Å². The van der Waals surface area contributed by atoms with Gasteiger partial charge in [-0.1, -0.05) is 6.07 Å². The Morgan fingerprint density at radius 3 is 2.54 bits per heavy atom. The van der Waals surface area contributed by atoms with Gasteiger partial charge in [0.15, 0.2) is 11.5 Å². The summed E-state index contributed by atoms with van der Waals surface area (Å²) in [4.78, 5) is 12.0. The molecule has 3 heterocycles. The van der Waals surface area contributed by atoms with Gasteiger partial charge in [0.1, 0.15) is 35.9 Å². The van der Waals surface area contributed by atoms with E-state index in [0.717, 1.165) is 11.1 Å². The fourth-order valence-electron chi connectivity index (χ4n) is 5.14. The van der Waals surface area contributed by atoms with Crippen molar-refractivity contribution in [1.29, 1.82) is 0 Å². The Balaban J connectivity index is 1.40. The summed E-state index contributed by atoms with van der Waals surface area (Å²) >= 11 is 0. The van der Waals surface area contributed by atoms with E-state index >= 15 is 0 Å². The van der Waals surface area contributed by atoms with Crippen LogP contribution in [-0.2, 0) is 9.53 Å². The molecule has 1 fully saturated rings. The fraction of sp³-hybridized carbons (Fsp3) is 0.480. The number of hydrogen-bond acceptors (Lipinski definition) is 11. The predicted octanol–water partition coefficient (Wildman–Crippen LogP) is 0.174. The Hall–Kier alpha value is -3.29. The summed E-state index contributed by atoms with van der Waals surface area (Å²) in [6, 6.07) is 8.67. The van der Waals surface area contributed by atoms with E-state index < -0.39 is 36.2 Å². The third kappa shape index (κ3) is 3.92. The van der Waals surface area contributed by atoms with Crippen LogP contribution < -0.4 is 29.0 Å². The van der Waals surface area contributed by atoms with E-state index in [9.17, 15) is 25.2 Å². The number of fused-ring (bicyclic) bond motifs is 5. The molecular weight excluding hydrogens is 490 g/mol. The number of benzene rings is 2. The zero-order chi connectivity index (χ0) is 26.5. The standard InChI is InChI=1S/C25H29NO11/c1-26-10-25(24(30)31)22(29)17(27)18(28)23(37-25)35-11-4-5-13-16(8-11)34-9-14-12-6-7-15(32-2)21(33-3)20(12)36-19(13)14/h4-8,14,17-19,22-23,26-29H,9-10H2,1-3H3,(H,30,31)/t14-,17-,18-,19+,22+,23-,25-/m1/s1. The van der Waals surface area contributed by atoms with Crippen LogP contribution in [0.5, 0.6) is 28.7 Å². The highest BCUT2D eigenvalue weighted by atomic mass is 16.7. The van der Waals surface area contributed by atoms with Crippen molar-refractivity contribution in [3.8, 4) is 28.7 Å². The number of nitrogens with one attached hydrogen (secondary N) is 1. The highest BCUT2D eigenvalue weighted by Gasteiger charge is 2.59. The third-order valence-corrected chi connectivity index (χ3v) is 7.06. The minimum absolute atomic E-state index is 0.0769. The average molecular weight is 520 g/mol. The van der Waals surface area contributed by atoms with Gasteiger partial charge in [0.2, 0.25) is 17.6 Å². The molecule has 0 saturated carbocycles. The van der Waals surface area contributed by atoms with Crippen molar-refractivity contribution in [1.82, 2.24) is 5.32 Å². The fourth-order valence-corrected chi connectivity index (χ4v) is 5.14. The first-order chi connectivity index (χ1) is 17.7. The number of ether oxygens (including phenoxy) is 6. The van der Waals surface area contributed by atoms with Crippen LogP contribution in [0.2, 0.25) is 0 Å². The summed E-state index contributed by atoms with van der Waals surface area (Å²) in [5.41, 5.74) is -0.537. The van der Waals surface area contributed by atoms with Crippen molar-refractivity contribution in [3.05, 3.63) is 41.5 Å². The molecule has 37 heavy (non-hydrogen) atoms. The van der Waals surface area contributed by atoms with Crippen LogP contribution in [0.4, 0.5) is 0 Å². The van der Waals surface area contributed by atoms with E-state index in [4.69, 9.17) is 28.4 Å². The first-order valence-electron chi connectivity index (χ1n) is 11.7. The number of aliphatic hydroxyl groups excluding tert-OH is 3. The lowest BCUT2D eigenvalue weighted by Gasteiger charge is -2.45. The Morgan fingerprint density at radius 2 is 1.86 bits per heavy atom. The summed E-state index contributed by atoms with van der Waals surface area (Å²) in [7, 11) is 4.57. The molecule has 0 amide bonds. The number of likely N-dealkylation sites (N-methyl/N-ethyl adjacent to an activating group) is 1. The summed E-state index contributed by atoms with van der Waals surface area (Å²) < 4.78 is 34.5. The summed E-state index contributed by atoms with van der Waals surface area (Å²) in [5.74, 6) is 0.731. The molecular formula is C25H29NO11. The van der Waals surface area contributed by atoms with E-state index in [0.29, 0.717) is 29.6 Å². The lowest BCUT2D eigenvalue weighted by Crippen LogP contribution is -2.71. The SMILES string of the molecule is CNC[C@@]1(C(=O)O)O[C@@H](Oc2ccc3c(c2)OC[C@@H]2c4ccc(OC)c(OC)c4O[C@@H]32)[C@H](O)[C@@H](O)[C@@H]1O. The van der Waals surface area contributed by atoms with Crippen molar-refractivity contribution >= 4 is 5.97 Å². The monoisotopic (exact) mass is 519 g/mol. The average Bonchev–Trinajstić information content (AvgIpc) is 3.28. The Morgan fingerprint density at radius 1 is 1.11 bits per heavy atom. The van der Waals surface area contributed by atoms with Crippen LogP contribution >= 0.6 is 0 Å². The van der Waals surface area contributed by atoms with Gasteiger partial charge in [0.25, 0.3) is 0 Å². The lowest BCUT2D eigenvalue weighted by molar-refractivity contribution is -0.305. The second kappa shape index (κ2) is 9.54. The molecule has 0 aliphatic carbocycles. The normalized spacial score (nSPS) is 31.7. The van der Waals surface area contributed by atoms with Crippen molar-refractivity contribution in [2.24, 2.45) is 0 Å². The van der Waals surface area contributed by atoms with Crippen LogP contribution in [0.3, 0.4) is 0 Å². The number of methoxy groups -OCH3 is 2. The highest BCUT2D eigenvalue weighted by molar-refractivity contribution is 5.79. The van der Waals surface area contributed by atoms with E-state index in [1.54, 1.807) is 32.4 Å². The van der Waals surface area contributed by atoms with Gasteiger partial charge in [0.05, 0.1) is 26.7 Å². The summed E-state index contributed by atoms with van der Waals surface area (Å²) in [6.07, 6.45) is -7.36. The van der Waals surface area contributed by atoms with Crippen molar-refractivity contribution in [3.63, 3.8) is 0 Å². The highest BCUT2D eigenvalue weighted by Crippen LogP contribution is 2.56. The molecule has 12 nitrogen and oxygen atoms in total. The lowest BCUT2D eigenvalue weighted by atomic mass is 9.86. The molecule has 0 aromatic heterocycles. The number of rotatable bonds is 7. The molecule has 5 N–H and O–H groups in total. The predicted molar refractivity (Wildman–Crippen MR) is 125 cm³/mol. The van der Waals surface area contributed by atoms with Crippen LogP contribution in [0.1, 0.15) is 23.1 Å². The molecule has 7 atom stereocenters. The minimum atomic E-state index is -2.24. The van der Waals surface area contributed by atoms with Gasteiger partial charge >= 0.3 is 5.97 Å². The second-order valence-corrected chi connectivity index (χ2v) is 9.13. The summed E-state index contributed by atoms with van der Waals surface area (Å²) in [5, 5.41) is 43.6. The molecule has 1 saturated heterocycles. The molecule has 2 aromatic carbocycles. The van der Waals surface area contributed by atoms with Gasteiger partial charge in [-0.15, -0.1) is 0 Å². The maximum Gasteiger partial charge on any atom is 0.340 e. The number of carboxylic acid groups (broad SMARTS) is 1. The Kier molecular flexibility index (Phi) is 6.54. The zero-order valence-electron chi connectivity index (χ0n) is 20.4. The summed E-state index contributed by atoms with van der Waals surface area (Å²) in [6.45, 7) is -0.0169. The molecule has 0 unspecified atom stereocenters.